The van der Waals surface area contributed by atoms with Gasteiger partial charge in [0.05, 0.1) is 12.5 Å². The SMILES string of the molecule is c1ccc(CN2CCC[C@@H]2c2ccoc2)cc1. The molecule has 0 N–H and O–H groups in total. The molecule has 0 bridgehead atoms. The second kappa shape index (κ2) is 4.76. The second-order valence-electron chi connectivity index (χ2n) is 4.67. The maximum atomic E-state index is 5.20. The lowest BCUT2D eigenvalue weighted by Gasteiger charge is -2.23. The molecule has 2 aromatic rings. The molecule has 0 unspecified atom stereocenters. The van der Waals surface area contributed by atoms with E-state index in [4.69, 9.17) is 4.42 Å². The van der Waals surface area contributed by atoms with E-state index in [0.29, 0.717) is 6.04 Å². The molecule has 1 atom stereocenters. The van der Waals surface area contributed by atoms with Crippen molar-refractivity contribution >= 4 is 0 Å². The zero-order valence-electron chi connectivity index (χ0n) is 9.88. The Bertz CT molecular complexity index is 449. The summed E-state index contributed by atoms with van der Waals surface area (Å²) < 4.78 is 5.20. The van der Waals surface area contributed by atoms with Crippen LogP contribution in [0.1, 0.15) is 30.0 Å². The molecule has 2 nitrogen and oxygen atoms in total. The fourth-order valence-corrected chi connectivity index (χ4v) is 2.68. The maximum absolute atomic E-state index is 5.20. The van der Waals surface area contributed by atoms with Gasteiger partial charge in [-0.05, 0) is 31.0 Å². The molecule has 1 aromatic carbocycles. The van der Waals surface area contributed by atoms with E-state index in [9.17, 15) is 0 Å². The van der Waals surface area contributed by atoms with E-state index >= 15 is 0 Å². The smallest absolute Gasteiger partial charge is 0.0950 e. The molecule has 0 amide bonds. The van der Waals surface area contributed by atoms with Crippen LogP contribution in [0.25, 0.3) is 0 Å². The molecule has 17 heavy (non-hydrogen) atoms. The molecule has 88 valence electrons. The van der Waals surface area contributed by atoms with Crippen molar-refractivity contribution in [3.63, 3.8) is 0 Å². The van der Waals surface area contributed by atoms with Crippen LogP contribution in [0.3, 0.4) is 0 Å². The topological polar surface area (TPSA) is 16.4 Å². The highest BCUT2D eigenvalue weighted by molar-refractivity contribution is 5.17. The van der Waals surface area contributed by atoms with E-state index in [1.807, 2.05) is 6.26 Å². The zero-order chi connectivity index (χ0) is 11.5. The summed E-state index contributed by atoms with van der Waals surface area (Å²) in [6.07, 6.45) is 6.18. The molecule has 0 saturated carbocycles. The van der Waals surface area contributed by atoms with Crippen LogP contribution < -0.4 is 0 Å². The minimum Gasteiger partial charge on any atom is -0.472 e. The van der Waals surface area contributed by atoms with Gasteiger partial charge in [-0.1, -0.05) is 30.3 Å². The molecule has 1 aliphatic rings. The van der Waals surface area contributed by atoms with Gasteiger partial charge in [-0.3, -0.25) is 4.90 Å². The first-order valence-corrected chi connectivity index (χ1v) is 6.23. The fraction of sp³-hybridized carbons (Fsp3) is 0.333. The van der Waals surface area contributed by atoms with Crippen molar-refractivity contribution in [2.75, 3.05) is 6.54 Å². The van der Waals surface area contributed by atoms with Crippen LogP contribution in [0.2, 0.25) is 0 Å². The van der Waals surface area contributed by atoms with Gasteiger partial charge in [0.1, 0.15) is 0 Å². The Morgan fingerprint density at radius 1 is 1.18 bits per heavy atom. The first-order chi connectivity index (χ1) is 8.43. The third-order valence-electron chi connectivity index (χ3n) is 3.52. The van der Waals surface area contributed by atoms with Crippen molar-refractivity contribution in [2.45, 2.75) is 25.4 Å². The predicted molar refractivity (Wildman–Crippen MR) is 67.5 cm³/mol. The third-order valence-corrected chi connectivity index (χ3v) is 3.52. The Hall–Kier alpha value is -1.54. The summed E-state index contributed by atoms with van der Waals surface area (Å²) in [5.41, 5.74) is 2.71. The van der Waals surface area contributed by atoms with Gasteiger partial charge in [0, 0.05) is 18.2 Å². The molecule has 0 radical (unpaired) electrons. The first-order valence-electron chi connectivity index (χ1n) is 6.23. The van der Waals surface area contributed by atoms with Gasteiger partial charge in [0.25, 0.3) is 0 Å². The van der Waals surface area contributed by atoms with Gasteiger partial charge in [0.15, 0.2) is 0 Å². The van der Waals surface area contributed by atoms with Crippen molar-refractivity contribution in [1.82, 2.24) is 4.90 Å². The van der Waals surface area contributed by atoms with E-state index in [-0.39, 0.29) is 0 Å². The van der Waals surface area contributed by atoms with Gasteiger partial charge in [-0.25, -0.2) is 0 Å². The Morgan fingerprint density at radius 2 is 2.06 bits per heavy atom. The minimum atomic E-state index is 0.536. The summed E-state index contributed by atoms with van der Waals surface area (Å²) in [4.78, 5) is 2.54. The summed E-state index contributed by atoms with van der Waals surface area (Å²) in [7, 11) is 0. The minimum absolute atomic E-state index is 0.536. The molecular weight excluding hydrogens is 210 g/mol. The molecule has 1 aromatic heterocycles. The molecule has 2 heterocycles. The Balaban J connectivity index is 1.75. The first kappa shape index (κ1) is 10.6. The van der Waals surface area contributed by atoms with Gasteiger partial charge in [-0.15, -0.1) is 0 Å². The highest BCUT2D eigenvalue weighted by Gasteiger charge is 2.26. The number of nitrogens with zero attached hydrogens (tertiary/aromatic N) is 1. The lowest BCUT2D eigenvalue weighted by molar-refractivity contribution is 0.247. The van der Waals surface area contributed by atoms with Crippen molar-refractivity contribution < 1.29 is 4.42 Å². The number of likely N-dealkylation sites (tertiary alicyclic amines) is 1. The summed E-state index contributed by atoms with van der Waals surface area (Å²) >= 11 is 0. The quantitative estimate of drug-likeness (QED) is 0.796. The Kier molecular flexibility index (Phi) is 2.97. The second-order valence-corrected chi connectivity index (χ2v) is 4.67. The van der Waals surface area contributed by atoms with E-state index in [1.165, 1.54) is 30.5 Å². The van der Waals surface area contributed by atoms with Crippen LogP contribution in [0, 0.1) is 0 Å². The Labute approximate surface area is 102 Å². The number of hydrogen-bond acceptors (Lipinski definition) is 2. The number of rotatable bonds is 3. The summed E-state index contributed by atoms with van der Waals surface area (Å²) in [6.45, 7) is 2.22. The average Bonchev–Trinajstić information content (AvgIpc) is 3.00. The largest absolute Gasteiger partial charge is 0.472 e. The molecular formula is C15H17NO. The molecule has 0 aliphatic carbocycles. The molecule has 0 spiro atoms. The zero-order valence-corrected chi connectivity index (χ0v) is 9.88. The molecule has 1 saturated heterocycles. The van der Waals surface area contributed by atoms with Gasteiger partial charge < -0.3 is 4.42 Å². The van der Waals surface area contributed by atoms with Crippen molar-refractivity contribution in [2.24, 2.45) is 0 Å². The van der Waals surface area contributed by atoms with Gasteiger partial charge in [-0.2, -0.15) is 0 Å². The lowest BCUT2D eigenvalue weighted by Crippen LogP contribution is -2.22. The maximum Gasteiger partial charge on any atom is 0.0950 e. The molecule has 3 rings (SSSR count). The molecule has 1 fully saturated rings. The van der Waals surface area contributed by atoms with Crippen LogP contribution in [0.5, 0.6) is 0 Å². The van der Waals surface area contributed by atoms with Crippen molar-refractivity contribution in [1.29, 1.82) is 0 Å². The standard InChI is InChI=1S/C15H17NO/c1-2-5-13(6-3-1)11-16-9-4-7-15(16)14-8-10-17-12-14/h1-3,5-6,8,10,12,15H,4,7,9,11H2/t15-/m1/s1. The molecule has 1 aliphatic heterocycles. The number of benzene rings is 1. The van der Waals surface area contributed by atoms with E-state index in [1.54, 1.807) is 6.26 Å². The lowest BCUT2D eigenvalue weighted by atomic mass is 10.1. The van der Waals surface area contributed by atoms with Crippen molar-refractivity contribution in [3.05, 3.63) is 60.1 Å². The van der Waals surface area contributed by atoms with Crippen LogP contribution in [-0.2, 0) is 6.54 Å². The van der Waals surface area contributed by atoms with Gasteiger partial charge in [0.2, 0.25) is 0 Å². The predicted octanol–water partition coefficient (Wildman–Crippen LogP) is 3.62. The highest BCUT2D eigenvalue weighted by atomic mass is 16.3. The normalized spacial score (nSPS) is 20.8. The van der Waals surface area contributed by atoms with Crippen LogP contribution in [0.15, 0.2) is 53.3 Å². The third kappa shape index (κ3) is 2.27. The van der Waals surface area contributed by atoms with E-state index in [0.717, 1.165) is 6.54 Å². The highest BCUT2D eigenvalue weighted by Crippen LogP contribution is 2.33. The average molecular weight is 227 g/mol. The molecule has 2 heteroatoms. The summed E-state index contributed by atoms with van der Waals surface area (Å²) in [6, 6.07) is 13.3. The number of hydrogen-bond donors (Lipinski definition) is 0. The summed E-state index contributed by atoms with van der Waals surface area (Å²) in [5.74, 6) is 0. The van der Waals surface area contributed by atoms with Crippen LogP contribution in [-0.4, -0.2) is 11.4 Å². The van der Waals surface area contributed by atoms with Crippen LogP contribution >= 0.6 is 0 Å². The number of furan rings is 1. The van der Waals surface area contributed by atoms with E-state index < -0.39 is 0 Å². The van der Waals surface area contributed by atoms with Crippen molar-refractivity contribution in [3.8, 4) is 0 Å². The van der Waals surface area contributed by atoms with Gasteiger partial charge >= 0.3 is 0 Å². The van der Waals surface area contributed by atoms with Crippen LogP contribution in [0.4, 0.5) is 0 Å². The Morgan fingerprint density at radius 3 is 2.82 bits per heavy atom. The fourth-order valence-electron chi connectivity index (χ4n) is 2.68. The van der Waals surface area contributed by atoms with E-state index in [2.05, 4.69) is 41.3 Å². The summed E-state index contributed by atoms with van der Waals surface area (Å²) in [5, 5.41) is 0. The monoisotopic (exact) mass is 227 g/mol.